The Hall–Kier alpha value is -2.89. The van der Waals surface area contributed by atoms with Gasteiger partial charge in [-0.15, -0.1) is 0 Å². The number of ketones is 1. The molecule has 1 aromatic carbocycles. The SMILES string of the molecule is COC(=O)c1ccc(-n2c(C)cc(C(=O)COC(=O)C3CCC3)c2C)cc1. The van der Waals surface area contributed by atoms with E-state index in [1.165, 1.54) is 7.11 Å². The fourth-order valence-corrected chi connectivity index (χ4v) is 3.28. The van der Waals surface area contributed by atoms with E-state index in [0.717, 1.165) is 36.3 Å². The van der Waals surface area contributed by atoms with Crippen molar-refractivity contribution in [3.05, 3.63) is 52.8 Å². The van der Waals surface area contributed by atoms with Crippen LogP contribution in [0.3, 0.4) is 0 Å². The Labute approximate surface area is 158 Å². The number of hydrogen-bond donors (Lipinski definition) is 0. The summed E-state index contributed by atoms with van der Waals surface area (Å²) in [7, 11) is 1.34. The highest BCUT2D eigenvalue weighted by Crippen LogP contribution is 2.27. The average molecular weight is 369 g/mol. The molecule has 142 valence electrons. The Kier molecular flexibility index (Phi) is 5.44. The quantitative estimate of drug-likeness (QED) is 0.576. The standard InChI is InChI=1S/C21H23NO5/c1-13-11-18(19(23)12-27-21(25)15-5-4-6-15)14(2)22(13)17-9-7-16(8-10-17)20(24)26-3/h7-11,15H,4-6,12H2,1-3H3. The molecule has 1 aromatic heterocycles. The van der Waals surface area contributed by atoms with Gasteiger partial charge in [0.1, 0.15) is 0 Å². The highest BCUT2D eigenvalue weighted by atomic mass is 16.5. The fraction of sp³-hybridized carbons (Fsp3) is 0.381. The van der Waals surface area contributed by atoms with E-state index in [-0.39, 0.29) is 24.3 Å². The van der Waals surface area contributed by atoms with Gasteiger partial charge in [-0.3, -0.25) is 9.59 Å². The smallest absolute Gasteiger partial charge is 0.337 e. The van der Waals surface area contributed by atoms with Gasteiger partial charge in [-0.2, -0.15) is 0 Å². The number of carbonyl (C=O) groups excluding carboxylic acids is 3. The lowest BCUT2D eigenvalue weighted by molar-refractivity contribution is -0.150. The van der Waals surface area contributed by atoms with Crippen LogP contribution in [-0.2, 0) is 14.3 Å². The first-order valence-corrected chi connectivity index (χ1v) is 9.00. The Bertz CT molecular complexity index is 875. The lowest BCUT2D eigenvalue weighted by Crippen LogP contribution is -2.26. The summed E-state index contributed by atoms with van der Waals surface area (Å²) in [5.41, 5.74) is 3.48. The number of nitrogens with zero attached hydrogens (tertiary/aromatic N) is 1. The van der Waals surface area contributed by atoms with E-state index < -0.39 is 5.97 Å². The van der Waals surface area contributed by atoms with Crippen LogP contribution in [0, 0.1) is 19.8 Å². The molecule has 1 heterocycles. The van der Waals surface area contributed by atoms with Crippen LogP contribution in [0.2, 0.25) is 0 Å². The van der Waals surface area contributed by atoms with Gasteiger partial charge in [-0.25, -0.2) is 4.79 Å². The lowest BCUT2D eigenvalue weighted by atomic mass is 9.86. The van der Waals surface area contributed by atoms with Crippen molar-refractivity contribution in [2.45, 2.75) is 33.1 Å². The van der Waals surface area contributed by atoms with Crippen molar-refractivity contribution in [2.75, 3.05) is 13.7 Å². The molecule has 0 atom stereocenters. The van der Waals surface area contributed by atoms with Crippen LogP contribution >= 0.6 is 0 Å². The van der Waals surface area contributed by atoms with E-state index in [1.807, 2.05) is 18.4 Å². The van der Waals surface area contributed by atoms with Gasteiger partial charge in [0, 0.05) is 22.6 Å². The molecule has 1 fully saturated rings. The molecule has 0 amide bonds. The number of methoxy groups -OCH3 is 1. The number of esters is 2. The molecule has 0 radical (unpaired) electrons. The minimum Gasteiger partial charge on any atom is -0.465 e. The molecule has 2 aromatic rings. The molecule has 3 rings (SSSR count). The number of benzene rings is 1. The second-order valence-corrected chi connectivity index (χ2v) is 6.82. The van der Waals surface area contributed by atoms with Gasteiger partial charge in [0.15, 0.2) is 6.61 Å². The molecule has 0 aliphatic heterocycles. The molecule has 6 heteroatoms. The normalized spacial score (nSPS) is 13.7. The molecule has 0 unspecified atom stereocenters. The molecule has 0 bridgehead atoms. The van der Waals surface area contributed by atoms with Crippen LogP contribution in [0.15, 0.2) is 30.3 Å². The molecule has 0 N–H and O–H groups in total. The number of aryl methyl sites for hydroxylation is 1. The van der Waals surface area contributed by atoms with E-state index in [2.05, 4.69) is 0 Å². The van der Waals surface area contributed by atoms with Gasteiger partial charge < -0.3 is 14.0 Å². The van der Waals surface area contributed by atoms with Gasteiger partial charge in [-0.05, 0) is 57.0 Å². The first-order chi connectivity index (χ1) is 12.9. The highest BCUT2D eigenvalue weighted by molar-refractivity contribution is 5.99. The minimum absolute atomic E-state index is 0.0430. The first kappa shape index (κ1) is 18.9. The molecule has 6 nitrogen and oxygen atoms in total. The second-order valence-electron chi connectivity index (χ2n) is 6.82. The number of Topliss-reactive ketones (excluding diaryl/α,β-unsaturated/α-hetero) is 1. The van der Waals surface area contributed by atoms with Crippen molar-refractivity contribution in [3.8, 4) is 5.69 Å². The Morgan fingerprint density at radius 3 is 2.33 bits per heavy atom. The summed E-state index contributed by atoms with van der Waals surface area (Å²) >= 11 is 0. The topological polar surface area (TPSA) is 74.6 Å². The zero-order chi connectivity index (χ0) is 19.6. The fourth-order valence-electron chi connectivity index (χ4n) is 3.28. The largest absolute Gasteiger partial charge is 0.465 e. The van der Waals surface area contributed by atoms with Crippen molar-refractivity contribution < 1.29 is 23.9 Å². The summed E-state index contributed by atoms with van der Waals surface area (Å²) in [6, 6.07) is 8.77. The molecule has 27 heavy (non-hydrogen) atoms. The lowest BCUT2D eigenvalue weighted by Gasteiger charge is -2.22. The van der Waals surface area contributed by atoms with Crippen LogP contribution in [0.1, 0.15) is 51.4 Å². The van der Waals surface area contributed by atoms with Crippen LogP contribution in [0.5, 0.6) is 0 Å². The van der Waals surface area contributed by atoms with Crippen molar-refractivity contribution in [1.29, 1.82) is 0 Å². The van der Waals surface area contributed by atoms with Crippen molar-refractivity contribution in [2.24, 2.45) is 5.92 Å². The summed E-state index contributed by atoms with van der Waals surface area (Å²) in [6.07, 6.45) is 2.75. The molecule has 0 spiro atoms. The van der Waals surface area contributed by atoms with Gasteiger partial charge in [0.05, 0.1) is 18.6 Å². The maximum Gasteiger partial charge on any atom is 0.337 e. The Morgan fingerprint density at radius 1 is 1.11 bits per heavy atom. The van der Waals surface area contributed by atoms with Gasteiger partial charge in [-0.1, -0.05) is 6.42 Å². The Balaban J connectivity index is 1.76. The third-order valence-electron chi connectivity index (χ3n) is 5.06. The maximum atomic E-state index is 12.5. The first-order valence-electron chi connectivity index (χ1n) is 9.00. The third-order valence-corrected chi connectivity index (χ3v) is 5.06. The summed E-state index contributed by atoms with van der Waals surface area (Å²) in [6.45, 7) is 3.52. The average Bonchev–Trinajstić information content (AvgIpc) is 2.92. The van der Waals surface area contributed by atoms with Gasteiger partial charge in [0.25, 0.3) is 0 Å². The molecular weight excluding hydrogens is 346 g/mol. The summed E-state index contributed by atoms with van der Waals surface area (Å²) in [5.74, 6) is -0.930. The predicted molar refractivity (Wildman–Crippen MR) is 99.2 cm³/mol. The van der Waals surface area contributed by atoms with Crippen molar-refractivity contribution >= 4 is 17.7 Å². The van der Waals surface area contributed by atoms with E-state index in [9.17, 15) is 14.4 Å². The minimum atomic E-state index is -0.397. The summed E-state index contributed by atoms with van der Waals surface area (Å²) < 4.78 is 11.8. The molecule has 1 aliphatic carbocycles. The predicted octanol–water partition coefficient (Wildman–Crippen LogP) is 3.41. The number of carbonyl (C=O) groups is 3. The van der Waals surface area contributed by atoms with Crippen molar-refractivity contribution in [1.82, 2.24) is 4.57 Å². The van der Waals surface area contributed by atoms with Crippen molar-refractivity contribution in [3.63, 3.8) is 0 Å². The second kappa shape index (κ2) is 7.78. The van der Waals surface area contributed by atoms with Gasteiger partial charge >= 0.3 is 11.9 Å². The summed E-state index contributed by atoms with van der Waals surface area (Å²) in [4.78, 5) is 35.9. The number of aromatic nitrogens is 1. The molecule has 0 saturated heterocycles. The van der Waals surface area contributed by atoms with E-state index in [4.69, 9.17) is 9.47 Å². The van der Waals surface area contributed by atoms with Crippen LogP contribution < -0.4 is 0 Å². The molecular formula is C21H23NO5. The number of ether oxygens (including phenoxy) is 2. The zero-order valence-electron chi connectivity index (χ0n) is 15.8. The molecule has 1 saturated carbocycles. The van der Waals surface area contributed by atoms with Gasteiger partial charge in [0.2, 0.25) is 5.78 Å². The van der Waals surface area contributed by atoms with E-state index >= 15 is 0 Å². The van der Waals surface area contributed by atoms with E-state index in [0.29, 0.717) is 11.1 Å². The number of rotatable bonds is 6. The summed E-state index contributed by atoms with van der Waals surface area (Å²) in [5, 5.41) is 0. The third kappa shape index (κ3) is 3.79. The van der Waals surface area contributed by atoms with Crippen LogP contribution in [0.25, 0.3) is 5.69 Å². The highest BCUT2D eigenvalue weighted by Gasteiger charge is 2.27. The Morgan fingerprint density at radius 2 is 1.78 bits per heavy atom. The number of hydrogen-bond acceptors (Lipinski definition) is 5. The molecule has 1 aliphatic rings. The zero-order valence-corrected chi connectivity index (χ0v) is 15.8. The van der Waals surface area contributed by atoms with E-state index in [1.54, 1.807) is 30.3 Å². The maximum absolute atomic E-state index is 12.5. The monoisotopic (exact) mass is 369 g/mol. The van der Waals surface area contributed by atoms with Crippen LogP contribution in [0.4, 0.5) is 0 Å². The van der Waals surface area contributed by atoms with Crippen LogP contribution in [-0.4, -0.2) is 36.0 Å².